The van der Waals surface area contributed by atoms with Gasteiger partial charge >= 0.3 is 0 Å². The summed E-state index contributed by atoms with van der Waals surface area (Å²) in [7, 11) is -3.87. The van der Waals surface area contributed by atoms with Crippen molar-refractivity contribution in [1.29, 1.82) is 0 Å². The van der Waals surface area contributed by atoms with Gasteiger partial charge in [-0.2, -0.15) is 0 Å². The highest BCUT2D eigenvalue weighted by molar-refractivity contribution is 9.10. The van der Waals surface area contributed by atoms with E-state index in [1.807, 2.05) is 20.8 Å². The third kappa shape index (κ3) is 4.29. The van der Waals surface area contributed by atoms with Crippen LogP contribution in [0.3, 0.4) is 0 Å². The largest absolute Gasteiger partial charge is 0.347 e. The molecule has 1 amide bonds. The van der Waals surface area contributed by atoms with E-state index in [1.165, 1.54) is 12.1 Å². The molecule has 19 heavy (non-hydrogen) atoms. The van der Waals surface area contributed by atoms with Crippen molar-refractivity contribution in [2.75, 3.05) is 0 Å². The normalized spacial score (nSPS) is 12.3. The monoisotopic (exact) mass is 348 g/mol. The molecule has 1 aromatic carbocycles. The maximum absolute atomic E-state index is 12.0. The summed E-state index contributed by atoms with van der Waals surface area (Å²) in [6, 6.07) is 4.30. The molecule has 0 saturated heterocycles. The second-order valence-corrected chi connectivity index (χ2v) is 7.27. The fourth-order valence-corrected chi connectivity index (χ4v) is 2.89. The quantitative estimate of drug-likeness (QED) is 0.871. The summed E-state index contributed by atoms with van der Waals surface area (Å²) < 4.78 is 23.1. The van der Waals surface area contributed by atoms with E-state index in [-0.39, 0.29) is 21.9 Å². The summed E-state index contributed by atoms with van der Waals surface area (Å²) in [5.41, 5.74) is -0.0971. The number of benzene rings is 1. The molecule has 0 saturated carbocycles. The first-order chi connectivity index (χ1) is 8.57. The van der Waals surface area contributed by atoms with E-state index in [9.17, 15) is 13.2 Å². The van der Waals surface area contributed by atoms with Crippen molar-refractivity contribution < 1.29 is 13.2 Å². The van der Waals surface area contributed by atoms with Crippen molar-refractivity contribution in [2.45, 2.75) is 37.6 Å². The predicted molar refractivity (Wildman–Crippen MR) is 77.4 cm³/mol. The van der Waals surface area contributed by atoms with E-state index in [4.69, 9.17) is 5.14 Å². The van der Waals surface area contributed by atoms with Crippen LogP contribution in [0, 0.1) is 0 Å². The molecule has 7 heteroatoms. The number of halogens is 1. The minimum atomic E-state index is -3.87. The Morgan fingerprint density at radius 1 is 1.42 bits per heavy atom. The van der Waals surface area contributed by atoms with E-state index in [2.05, 4.69) is 21.2 Å². The van der Waals surface area contributed by atoms with Crippen LogP contribution in [0.2, 0.25) is 0 Å². The molecule has 0 radical (unpaired) electrons. The van der Waals surface area contributed by atoms with Gasteiger partial charge in [-0.05, 0) is 54.4 Å². The SMILES string of the molecule is CCC(C)(C)NC(=O)c1ccc(Br)c(S(N)(=O)=O)c1. The lowest BCUT2D eigenvalue weighted by Gasteiger charge is -2.24. The van der Waals surface area contributed by atoms with Gasteiger partial charge in [0.1, 0.15) is 0 Å². The lowest BCUT2D eigenvalue weighted by molar-refractivity contribution is 0.0911. The highest BCUT2D eigenvalue weighted by Gasteiger charge is 2.21. The summed E-state index contributed by atoms with van der Waals surface area (Å²) in [6.45, 7) is 5.74. The standard InChI is InChI=1S/C12H17BrN2O3S/c1-4-12(2,3)15-11(16)8-5-6-9(13)10(7-8)19(14,17)18/h5-7H,4H2,1-3H3,(H,15,16)(H2,14,17,18). The van der Waals surface area contributed by atoms with Crippen molar-refractivity contribution in [3.8, 4) is 0 Å². The van der Waals surface area contributed by atoms with Crippen molar-refractivity contribution in [3.05, 3.63) is 28.2 Å². The Morgan fingerprint density at radius 2 is 2.00 bits per heavy atom. The second-order valence-electron chi connectivity index (χ2n) is 4.88. The van der Waals surface area contributed by atoms with Gasteiger partial charge in [0.25, 0.3) is 5.91 Å². The van der Waals surface area contributed by atoms with Gasteiger partial charge in [-0.1, -0.05) is 6.92 Å². The summed E-state index contributed by atoms with van der Waals surface area (Å²) >= 11 is 3.10. The lowest BCUT2D eigenvalue weighted by atomic mass is 10.0. The minimum absolute atomic E-state index is 0.102. The molecule has 0 aliphatic heterocycles. The molecule has 1 aromatic rings. The van der Waals surface area contributed by atoms with Crippen molar-refractivity contribution in [2.24, 2.45) is 5.14 Å². The molecule has 3 N–H and O–H groups in total. The average molecular weight is 349 g/mol. The van der Waals surface area contributed by atoms with Crippen LogP contribution in [-0.2, 0) is 10.0 Å². The molecule has 0 fully saturated rings. The number of nitrogens with two attached hydrogens (primary N) is 1. The first-order valence-electron chi connectivity index (χ1n) is 5.71. The molecule has 1 rings (SSSR count). The summed E-state index contributed by atoms with van der Waals surface area (Å²) in [6.07, 6.45) is 0.761. The topological polar surface area (TPSA) is 89.3 Å². The number of primary sulfonamides is 1. The van der Waals surface area contributed by atoms with Gasteiger partial charge < -0.3 is 5.32 Å². The van der Waals surface area contributed by atoms with Crippen LogP contribution < -0.4 is 10.5 Å². The first kappa shape index (κ1) is 16.1. The highest BCUT2D eigenvalue weighted by Crippen LogP contribution is 2.22. The van der Waals surface area contributed by atoms with Crippen LogP contribution in [0.4, 0.5) is 0 Å². The molecule has 5 nitrogen and oxygen atoms in total. The average Bonchev–Trinajstić information content (AvgIpc) is 2.27. The number of hydrogen-bond acceptors (Lipinski definition) is 3. The molecular weight excluding hydrogens is 332 g/mol. The Hall–Kier alpha value is -0.920. The van der Waals surface area contributed by atoms with Crippen LogP contribution in [0.1, 0.15) is 37.6 Å². The predicted octanol–water partition coefficient (Wildman–Crippen LogP) is 2.01. The van der Waals surface area contributed by atoms with E-state index < -0.39 is 10.0 Å². The number of rotatable bonds is 4. The number of carbonyl (C=O) groups excluding carboxylic acids is 1. The van der Waals surface area contributed by atoms with Gasteiger partial charge in [-0.3, -0.25) is 4.79 Å². The van der Waals surface area contributed by atoms with E-state index in [0.29, 0.717) is 4.47 Å². The number of amides is 1. The Labute approximate surface area is 121 Å². The molecule has 0 aliphatic carbocycles. The van der Waals surface area contributed by atoms with Crippen LogP contribution in [0.25, 0.3) is 0 Å². The Bertz CT molecular complexity index is 597. The van der Waals surface area contributed by atoms with Crippen LogP contribution in [-0.4, -0.2) is 19.9 Å². The molecule has 0 heterocycles. The molecule has 0 atom stereocenters. The molecule has 106 valence electrons. The van der Waals surface area contributed by atoms with Gasteiger partial charge in [0.05, 0.1) is 4.90 Å². The molecule has 0 spiro atoms. The number of sulfonamides is 1. The van der Waals surface area contributed by atoms with Crippen molar-refractivity contribution in [3.63, 3.8) is 0 Å². The third-order valence-corrected chi connectivity index (χ3v) is 4.74. The molecule has 0 unspecified atom stereocenters. The number of nitrogens with one attached hydrogen (secondary N) is 1. The van der Waals surface area contributed by atoms with Gasteiger partial charge in [-0.15, -0.1) is 0 Å². The number of hydrogen-bond donors (Lipinski definition) is 2. The molecule has 0 aliphatic rings. The summed E-state index contributed by atoms with van der Waals surface area (Å²) in [5.74, 6) is -0.329. The summed E-state index contributed by atoms with van der Waals surface area (Å²) in [4.78, 5) is 11.9. The Morgan fingerprint density at radius 3 is 2.47 bits per heavy atom. The van der Waals surface area contributed by atoms with E-state index in [0.717, 1.165) is 6.42 Å². The fourth-order valence-electron chi connectivity index (χ4n) is 1.33. The Kier molecular flexibility index (Phi) is 4.76. The maximum Gasteiger partial charge on any atom is 0.251 e. The smallest absolute Gasteiger partial charge is 0.251 e. The van der Waals surface area contributed by atoms with Gasteiger partial charge in [0.2, 0.25) is 10.0 Å². The van der Waals surface area contributed by atoms with Crippen molar-refractivity contribution >= 4 is 31.9 Å². The van der Waals surface area contributed by atoms with E-state index >= 15 is 0 Å². The zero-order chi connectivity index (χ0) is 14.8. The third-order valence-electron chi connectivity index (χ3n) is 2.84. The van der Waals surface area contributed by atoms with Gasteiger partial charge in [-0.25, -0.2) is 13.6 Å². The maximum atomic E-state index is 12.0. The van der Waals surface area contributed by atoms with E-state index in [1.54, 1.807) is 6.07 Å². The Balaban J connectivity index is 3.14. The molecular formula is C12H17BrN2O3S. The van der Waals surface area contributed by atoms with Crippen LogP contribution in [0.15, 0.2) is 27.6 Å². The fraction of sp³-hybridized carbons (Fsp3) is 0.417. The molecule has 0 bridgehead atoms. The number of carbonyl (C=O) groups is 1. The second kappa shape index (κ2) is 5.60. The van der Waals surface area contributed by atoms with Gasteiger partial charge in [0, 0.05) is 15.6 Å². The summed E-state index contributed by atoms with van der Waals surface area (Å²) in [5, 5.41) is 7.92. The highest BCUT2D eigenvalue weighted by atomic mass is 79.9. The lowest BCUT2D eigenvalue weighted by Crippen LogP contribution is -2.42. The van der Waals surface area contributed by atoms with Crippen molar-refractivity contribution in [1.82, 2.24) is 5.32 Å². The zero-order valence-electron chi connectivity index (χ0n) is 11.0. The first-order valence-corrected chi connectivity index (χ1v) is 8.05. The minimum Gasteiger partial charge on any atom is -0.347 e. The van der Waals surface area contributed by atoms with Crippen LogP contribution >= 0.6 is 15.9 Å². The van der Waals surface area contributed by atoms with Gasteiger partial charge in [0.15, 0.2) is 0 Å². The zero-order valence-corrected chi connectivity index (χ0v) is 13.4. The van der Waals surface area contributed by atoms with Crippen LogP contribution in [0.5, 0.6) is 0 Å². The molecule has 0 aromatic heterocycles.